The van der Waals surface area contributed by atoms with Crippen molar-refractivity contribution in [3.05, 3.63) is 83.1 Å². The SMILES string of the molecule is COc1ccc(S(=O)(=O)N(CC(=O)N(Cc2ccc(F)cc2)[C@@H](C)C(=O)NC(C)C)c2ccc(Cl)cc2)cc1OC. The van der Waals surface area contributed by atoms with E-state index < -0.39 is 40.2 Å². The number of ether oxygens (including phenoxy) is 2. The number of nitrogens with zero attached hydrogens (tertiary/aromatic N) is 2. The zero-order chi connectivity index (χ0) is 30.3. The molecule has 0 radical (unpaired) electrons. The van der Waals surface area contributed by atoms with Crippen LogP contribution >= 0.6 is 11.6 Å². The number of sulfonamides is 1. The minimum atomic E-state index is -4.34. The Labute approximate surface area is 244 Å². The Morgan fingerprint density at radius 2 is 1.54 bits per heavy atom. The highest BCUT2D eigenvalue weighted by Crippen LogP contribution is 2.32. The van der Waals surface area contributed by atoms with Crippen molar-refractivity contribution >= 4 is 39.1 Å². The third-order valence-electron chi connectivity index (χ3n) is 6.20. The highest BCUT2D eigenvalue weighted by molar-refractivity contribution is 7.92. The lowest BCUT2D eigenvalue weighted by atomic mass is 10.1. The molecule has 41 heavy (non-hydrogen) atoms. The van der Waals surface area contributed by atoms with E-state index in [1.165, 1.54) is 85.8 Å². The fraction of sp³-hybridized carbons (Fsp3) is 0.310. The standard InChI is InChI=1S/C29H33ClFN3O6S/c1-19(2)32-29(36)20(3)33(17-21-6-10-23(31)11-7-21)28(35)18-34(24-12-8-22(30)9-13-24)41(37,38)25-14-15-26(39-4)27(16-25)40-5/h6-16,19-20H,17-18H2,1-5H3,(H,32,36)/t20-/m0/s1. The maximum Gasteiger partial charge on any atom is 0.264 e. The van der Waals surface area contributed by atoms with Gasteiger partial charge in [-0.15, -0.1) is 0 Å². The molecular formula is C29H33ClFN3O6S. The molecule has 0 heterocycles. The lowest BCUT2D eigenvalue weighted by Gasteiger charge is -2.32. The van der Waals surface area contributed by atoms with E-state index in [0.29, 0.717) is 16.3 Å². The lowest BCUT2D eigenvalue weighted by molar-refractivity contribution is -0.139. The molecule has 220 valence electrons. The van der Waals surface area contributed by atoms with Gasteiger partial charge in [-0.05, 0) is 74.9 Å². The maximum absolute atomic E-state index is 14.0. The van der Waals surface area contributed by atoms with E-state index >= 15 is 0 Å². The van der Waals surface area contributed by atoms with Crippen molar-refractivity contribution in [2.75, 3.05) is 25.1 Å². The van der Waals surface area contributed by atoms with Crippen molar-refractivity contribution in [3.8, 4) is 11.5 Å². The van der Waals surface area contributed by atoms with E-state index in [-0.39, 0.29) is 28.9 Å². The molecule has 0 aliphatic rings. The molecule has 2 amide bonds. The number of anilines is 1. The largest absolute Gasteiger partial charge is 0.493 e. The molecule has 0 bridgehead atoms. The highest BCUT2D eigenvalue weighted by atomic mass is 35.5. The zero-order valence-electron chi connectivity index (χ0n) is 23.4. The van der Waals surface area contributed by atoms with E-state index in [4.69, 9.17) is 21.1 Å². The number of amides is 2. The lowest BCUT2D eigenvalue weighted by Crippen LogP contribution is -2.52. The van der Waals surface area contributed by atoms with Gasteiger partial charge >= 0.3 is 0 Å². The topological polar surface area (TPSA) is 105 Å². The second-order valence-electron chi connectivity index (χ2n) is 9.49. The monoisotopic (exact) mass is 605 g/mol. The summed E-state index contributed by atoms with van der Waals surface area (Å²) in [6.07, 6.45) is 0. The van der Waals surface area contributed by atoms with E-state index in [1.54, 1.807) is 20.8 Å². The van der Waals surface area contributed by atoms with Gasteiger partial charge in [0.05, 0.1) is 24.8 Å². The smallest absolute Gasteiger partial charge is 0.264 e. The second kappa shape index (κ2) is 13.7. The molecule has 1 atom stereocenters. The van der Waals surface area contributed by atoms with Crippen molar-refractivity contribution in [1.29, 1.82) is 0 Å². The number of halogens is 2. The van der Waals surface area contributed by atoms with E-state index in [9.17, 15) is 22.4 Å². The van der Waals surface area contributed by atoms with Gasteiger partial charge in [-0.1, -0.05) is 23.7 Å². The van der Waals surface area contributed by atoms with Gasteiger partial charge in [0.1, 0.15) is 18.4 Å². The van der Waals surface area contributed by atoms with Crippen LogP contribution in [-0.2, 0) is 26.2 Å². The molecule has 0 aromatic heterocycles. The molecule has 0 fully saturated rings. The molecule has 0 saturated carbocycles. The van der Waals surface area contributed by atoms with Crippen LogP contribution in [0.3, 0.4) is 0 Å². The van der Waals surface area contributed by atoms with E-state index in [2.05, 4.69) is 5.32 Å². The first-order valence-electron chi connectivity index (χ1n) is 12.7. The van der Waals surface area contributed by atoms with Crippen LogP contribution < -0.4 is 19.1 Å². The molecule has 0 spiro atoms. The van der Waals surface area contributed by atoms with Gasteiger partial charge in [0.2, 0.25) is 11.8 Å². The molecule has 0 aliphatic carbocycles. The Hall–Kier alpha value is -3.83. The number of hydrogen-bond acceptors (Lipinski definition) is 6. The summed E-state index contributed by atoms with van der Waals surface area (Å²) in [5.41, 5.74) is 0.739. The third kappa shape index (κ3) is 7.89. The summed E-state index contributed by atoms with van der Waals surface area (Å²) in [5, 5.41) is 3.15. The van der Waals surface area contributed by atoms with Crippen LogP contribution in [-0.4, -0.2) is 58.0 Å². The van der Waals surface area contributed by atoms with Gasteiger partial charge in [-0.2, -0.15) is 0 Å². The van der Waals surface area contributed by atoms with Crippen LogP contribution in [0, 0.1) is 5.82 Å². The summed E-state index contributed by atoms with van der Waals surface area (Å²) >= 11 is 6.05. The zero-order valence-corrected chi connectivity index (χ0v) is 25.0. The molecule has 0 unspecified atom stereocenters. The summed E-state index contributed by atoms with van der Waals surface area (Å²) < 4.78 is 53.0. The Kier molecular flexibility index (Phi) is 10.6. The molecule has 3 aromatic carbocycles. The summed E-state index contributed by atoms with van der Waals surface area (Å²) in [4.78, 5) is 28.0. The van der Waals surface area contributed by atoms with E-state index in [1.807, 2.05) is 0 Å². The Morgan fingerprint density at radius 1 is 0.927 bits per heavy atom. The van der Waals surface area contributed by atoms with Gasteiger partial charge in [0.25, 0.3) is 10.0 Å². The van der Waals surface area contributed by atoms with Crippen LogP contribution in [0.15, 0.2) is 71.6 Å². The maximum atomic E-state index is 14.0. The average molecular weight is 606 g/mol. The predicted molar refractivity (Wildman–Crippen MR) is 155 cm³/mol. The number of nitrogens with one attached hydrogen (secondary N) is 1. The average Bonchev–Trinajstić information content (AvgIpc) is 2.94. The number of carbonyl (C=O) groups excluding carboxylic acids is 2. The Bertz CT molecular complexity index is 1470. The molecule has 1 N–H and O–H groups in total. The molecule has 0 aliphatic heterocycles. The fourth-order valence-electron chi connectivity index (χ4n) is 4.01. The van der Waals surface area contributed by atoms with Crippen molar-refractivity contribution in [3.63, 3.8) is 0 Å². The summed E-state index contributed by atoms with van der Waals surface area (Å²) in [6.45, 7) is 4.42. The van der Waals surface area contributed by atoms with Crippen LogP contribution in [0.5, 0.6) is 11.5 Å². The molecule has 3 aromatic rings. The van der Waals surface area contributed by atoms with E-state index in [0.717, 1.165) is 4.31 Å². The summed E-state index contributed by atoms with van der Waals surface area (Å²) in [7, 11) is -1.53. The normalized spacial score (nSPS) is 12.0. The van der Waals surface area contributed by atoms with Crippen LogP contribution in [0.4, 0.5) is 10.1 Å². The van der Waals surface area contributed by atoms with Crippen molar-refractivity contribution in [2.45, 2.75) is 44.3 Å². The summed E-state index contributed by atoms with van der Waals surface area (Å²) in [5.74, 6) is -1.01. The number of benzene rings is 3. The van der Waals surface area contributed by atoms with Crippen LogP contribution in [0.1, 0.15) is 26.3 Å². The minimum absolute atomic E-state index is 0.0589. The molecule has 3 rings (SSSR count). The fourth-order valence-corrected chi connectivity index (χ4v) is 5.57. The molecule has 12 heteroatoms. The molecule has 9 nitrogen and oxygen atoms in total. The van der Waals surface area contributed by atoms with Crippen molar-refractivity contribution in [2.24, 2.45) is 0 Å². The van der Waals surface area contributed by atoms with Gasteiger partial charge in [0, 0.05) is 23.7 Å². The minimum Gasteiger partial charge on any atom is -0.493 e. The summed E-state index contributed by atoms with van der Waals surface area (Å²) in [6, 6.07) is 14.4. The van der Waals surface area contributed by atoms with Crippen molar-refractivity contribution < 1.29 is 31.9 Å². The predicted octanol–water partition coefficient (Wildman–Crippen LogP) is 4.63. The number of carbonyl (C=O) groups is 2. The Balaban J connectivity index is 2.06. The first-order chi connectivity index (χ1) is 19.4. The van der Waals surface area contributed by atoms with Gasteiger partial charge in [-0.3, -0.25) is 13.9 Å². The first kappa shape index (κ1) is 31.7. The third-order valence-corrected chi connectivity index (χ3v) is 8.22. The number of methoxy groups -OCH3 is 2. The highest BCUT2D eigenvalue weighted by Gasteiger charge is 2.33. The second-order valence-corrected chi connectivity index (χ2v) is 11.8. The number of hydrogen-bond donors (Lipinski definition) is 1. The van der Waals surface area contributed by atoms with Crippen LogP contribution in [0.25, 0.3) is 0 Å². The van der Waals surface area contributed by atoms with Gasteiger partial charge < -0.3 is 19.7 Å². The quantitative estimate of drug-likeness (QED) is 0.323. The molecule has 0 saturated heterocycles. The first-order valence-corrected chi connectivity index (χ1v) is 14.5. The van der Waals surface area contributed by atoms with Gasteiger partial charge in [-0.25, -0.2) is 12.8 Å². The van der Waals surface area contributed by atoms with Crippen molar-refractivity contribution in [1.82, 2.24) is 10.2 Å². The Morgan fingerprint density at radius 3 is 2.10 bits per heavy atom. The molecular weight excluding hydrogens is 573 g/mol. The van der Waals surface area contributed by atoms with Gasteiger partial charge in [0.15, 0.2) is 11.5 Å². The number of rotatable bonds is 12. The van der Waals surface area contributed by atoms with Crippen LogP contribution in [0.2, 0.25) is 5.02 Å².